The fraction of sp³-hybridized carbons (Fsp3) is 0.192. The first kappa shape index (κ1) is 34.1. The van der Waals surface area contributed by atoms with Gasteiger partial charge < -0.3 is 9.13 Å². The maximum atomic E-state index is 9.76. The van der Waals surface area contributed by atoms with Crippen LogP contribution in [0.1, 0.15) is 25.0 Å². The SMILES string of the molecule is CC12C=C(C3=CC4C(C=C3)SC3C=CC(n5c6ccccc6c6ccccc65)=CC34)C=CC1SC1C=CC(n3c4ccc(C#N)cc4c4cc(C#N)ccc43)=CC12C. The molecule has 6 heteroatoms. The molecule has 6 aromatic rings. The summed E-state index contributed by atoms with van der Waals surface area (Å²) in [4.78, 5) is 0. The lowest BCUT2D eigenvalue weighted by atomic mass is 9.58. The molecule has 4 nitrogen and oxygen atoms in total. The summed E-state index contributed by atoms with van der Waals surface area (Å²) in [6.45, 7) is 4.92. The smallest absolute Gasteiger partial charge is 0.0991 e. The standard InChI is InChI=1S/C52H38N4S2/c1-51-27-34(33-13-19-47-41(25-33)42-26-35(15-20-48(42)57-47)55-43-9-5-3-7-37(43)38-8-4-6-10-44(38)55)14-21-49(51)58-50-22-16-36(28-52(50,51)2)56-45-17-11-31(29-53)23-39(45)40-24-32(30-54)12-18-46(40)56/h3-28,41-42,47-50H,1-2H3. The highest BCUT2D eigenvalue weighted by atomic mass is 32.2. The molecule has 4 heterocycles. The van der Waals surface area contributed by atoms with Gasteiger partial charge in [0.05, 0.1) is 45.3 Å². The molecule has 2 aromatic heterocycles. The summed E-state index contributed by atoms with van der Waals surface area (Å²) in [5.41, 5.74) is 10.6. The topological polar surface area (TPSA) is 57.4 Å². The number of nitrogens with zero attached hydrogens (tertiary/aromatic N) is 4. The van der Waals surface area contributed by atoms with Gasteiger partial charge in [-0.1, -0.05) is 111 Å². The van der Waals surface area contributed by atoms with Gasteiger partial charge in [-0.05, 0) is 71.8 Å². The lowest BCUT2D eigenvalue weighted by molar-refractivity contribution is 0.217. The lowest BCUT2D eigenvalue weighted by Gasteiger charge is -2.44. The van der Waals surface area contributed by atoms with Gasteiger partial charge in [-0.3, -0.25) is 0 Å². The maximum Gasteiger partial charge on any atom is 0.0991 e. The number of benzene rings is 4. The average molecular weight is 783 g/mol. The van der Waals surface area contributed by atoms with E-state index in [9.17, 15) is 10.5 Å². The Bertz CT molecular complexity index is 3060. The summed E-state index contributed by atoms with van der Waals surface area (Å²) in [5, 5.41) is 25.7. The zero-order valence-electron chi connectivity index (χ0n) is 32.1. The van der Waals surface area contributed by atoms with Crippen molar-refractivity contribution < 1.29 is 0 Å². The molecule has 0 bridgehead atoms. The molecule has 4 aromatic carbocycles. The maximum absolute atomic E-state index is 9.76. The minimum Gasteiger partial charge on any atom is -0.310 e. The number of fused-ring (bicyclic) bond motifs is 12. The number of allylic oxidation sites excluding steroid dienone is 12. The van der Waals surface area contributed by atoms with E-state index in [-0.39, 0.29) is 10.8 Å². The minimum absolute atomic E-state index is 0.140. The van der Waals surface area contributed by atoms with Crippen molar-refractivity contribution in [3.05, 3.63) is 180 Å². The van der Waals surface area contributed by atoms with Crippen LogP contribution in [0.4, 0.5) is 0 Å². The van der Waals surface area contributed by atoms with Crippen LogP contribution in [0, 0.1) is 45.3 Å². The summed E-state index contributed by atoms with van der Waals surface area (Å²) < 4.78 is 4.80. The van der Waals surface area contributed by atoms with Crippen LogP contribution in [0.2, 0.25) is 0 Å². The monoisotopic (exact) mass is 782 g/mol. The third kappa shape index (κ3) is 4.65. The molecule has 2 aliphatic heterocycles. The van der Waals surface area contributed by atoms with Gasteiger partial charge in [0.25, 0.3) is 0 Å². The Hall–Kier alpha value is -5.92. The second-order valence-electron chi connectivity index (χ2n) is 17.0. The highest BCUT2D eigenvalue weighted by Gasteiger charge is 2.59. The van der Waals surface area contributed by atoms with Crippen molar-refractivity contribution in [2.24, 2.45) is 22.7 Å². The summed E-state index contributed by atoms with van der Waals surface area (Å²) >= 11 is 4.17. The molecule has 0 N–H and O–H groups in total. The van der Waals surface area contributed by atoms with E-state index in [4.69, 9.17) is 0 Å². The van der Waals surface area contributed by atoms with E-state index in [1.807, 2.05) is 24.3 Å². The van der Waals surface area contributed by atoms with Crippen LogP contribution < -0.4 is 0 Å². The molecule has 58 heavy (non-hydrogen) atoms. The van der Waals surface area contributed by atoms with Crippen molar-refractivity contribution in [3.8, 4) is 12.1 Å². The van der Waals surface area contributed by atoms with E-state index in [2.05, 4.69) is 192 Å². The Balaban J connectivity index is 0.923. The third-order valence-corrected chi connectivity index (χ3v) is 17.5. The van der Waals surface area contributed by atoms with Gasteiger partial charge in [0, 0.05) is 76.6 Å². The van der Waals surface area contributed by atoms with Gasteiger partial charge in [0.2, 0.25) is 0 Å². The molecule has 0 spiro atoms. The van der Waals surface area contributed by atoms with E-state index in [0.29, 0.717) is 44.0 Å². The van der Waals surface area contributed by atoms with Crippen molar-refractivity contribution in [1.82, 2.24) is 9.13 Å². The molecular formula is C52H38N4S2. The molecule has 0 amide bonds. The highest BCUT2D eigenvalue weighted by molar-refractivity contribution is 8.01. The second kappa shape index (κ2) is 12.3. The van der Waals surface area contributed by atoms with Crippen molar-refractivity contribution >= 4 is 78.5 Å². The summed E-state index contributed by atoms with van der Waals surface area (Å²) in [6.07, 6.45) is 29.5. The van der Waals surface area contributed by atoms with Crippen LogP contribution in [-0.2, 0) is 0 Å². The van der Waals surface area contributed by atoms with Crippen LogP contribution in [0.5, 0.6) is 0 Å². The Morgan fingerprint density at radius 1 is 0.517 bits per heavy atom. The summed E-state index contributed by atoms with van der Waals surface area (Å²) in [6, 6.07) is 34.1. The van der Waals surface area contributed by atoms with E-state index >= 15 is 0 Å². The Kier molecular flexibility index (Phi) is 7.24. The van der Waals surface area contributed by atoms with Crippen molar-refractivity contribution in [2.75, 3.05) is 0 Å². The zero-order valence-corrected chi connectivity index (χ0v) is 33.7. The van der Waals surface area contributed by atoms with E-state index in [0.717, 1.165) is 27.5 Å². The van der Waals surface area contributed by atoms with Crippen LogP contribution in [0.15, 0.2) is 169 Å². The fourth-order valence-electron chi connectivity index (χ4n) is 10.9. The lowest BCUT2D eigenvalue weighted by Crippen LogP contribution is -2.42. The number of nitriles is 2. The predicted molar refractivity (Wildman–Crippen MR) is 243 cm³/mol. The molecule has 4 aliphatic carbocycles. The Morgan fingerprint density at radius 3 is 1.69 bits per heavy atom. The number of aromatic nitrogens is 2. The molecule has 2 saturated heterocycles. The van der Waals surface area contributed by atoms with Gasteiger partial charge >= 0.3 is 0 Å². The molecule has 0 saturated carbocycles. The molecular weight excluding hydrogens is 745 g/mol. The number of para-hydroxylation sites is 2. The third-order valence-electron chi connectivity index (χ3n) is 14.1. The normalized spacial score (nSPS) is 30.3. The zero-order chi connectivity index (χ0) is 38.9. The van der Waals surface area contributed by atoms with Crippen molar-refractivity contribution in [2.45, 2.75) is 34.8 Å². The highest BCUT2D eigenvalue weighted by Crippen LogP contribution is 2.65. The molecule has 8 atom stereocenters. The first-order chi connectivity index (χ1) is 28.3. The molecule has 12 rings (SSSR count). The first-order valence-corrected chi connectivity index (χ1v) is 22.0. The second-order valence-corrected chi connectivity index (χ2v) is 19.6. The van der Waals surface area contributed by atoms with Gasteiger partial charge in [0.15, 0.2) is 0 Å². The molecule has 8 unspecified atom stereocenters. The quantitative estimate of drug-likeness (QED) is 0.179. The molecule has 6 aliphatic rings. The Labute approximate surface area is 346 Å². The van der Waals surface area contributed by atoms with Crippen molar-refractivity contribution in [3.63, 3.8) is 0 Å². The molecule has 278 valence electrons. The largest absolute Gasteiger partial charge is 0.310 e. The summed E-state index contributed by atoms with van der Waals surface area (Å²) in [5.74, 6) is 0.815. The van der Waals surface area contributed by atoms with Crippen LogP contribution in [0.25, 0.3) is 55.0 Å². The molecule has 0 radical (unpaired) electrons. The van der Waals surface area contributed by atoms with Crippen LogP contribution in [-0.4, -0.2) is 30.1 Å². The van der Waals surface area contributed by atoms with E-state index in [1.165, 1.54) is 38.6 Å². The fourth-order valence-corrected chi connectivity index (χ4v) is 14.3. The van der Waals surface area contributed by atoms with Crippen LogP contribution >= 0.6 is 23.5 Å². The number of rotatable bonds is 3. The average Bonchev–Trinajstić information content (AvgIpc) is 3.96. The predicted octanol–water partition coefficient (Wildman–Crippen LogP) is 12.4. The van der Waals surface area contributed by atoms with Crippen molar-refractivity contribution in [1.29, 1.82) is 10.5 Å². The van der Waals surface area contributed by atoms with E-state index < -0.39 is 0 Å². The van der Waals surface area contributed by atoms with Crippen LogP contribution in [0.3, 0.4) is 0 Å². The van der Waals surface area contributed by atoms with Gasteiger partial charge in [0.1, 0.15) is 0 Å². The molecule has 2 fully saturated rings. The van der Waals surface area contributed by atoms with Gasteiger partial charge in [-0.15, -0.1) is 23.5 Å². The van der Waals surface area contributed by atoms with Gasteiger partial charge in [-0.25, -0.2) is 0 Å². The number of hydrogen-bond donors (Lipinski definition) is 0. The first-order valence-electron chi connectivity index (χ1n) is 20.2. The summed E-state index contributed by atoms with van der Waals surface area (Å²) in [7, 11) is 0. The minimum atomic E-state index is -0.172. The van der Waals surface area contributed by atoms with E-state index in [1.54, 1.807) is 0 Å². The van der Waals surface area contributed by atoms with Gasteiger partial charge in [-0.2, -0.15) is 10.5 Å². The number of thioether (sulfide) groups is 2. The Morgan fingerprint density at radius 2 is 1.03 bits per heavy atom. The number of hydrogen-bond acceptors (Lipinski definition) is 4.